The molecule has 4 aromatic rings. The minimum absolute atomic E-state index is 0.0517. The van der Waals surface area contributed by atoms with Crippen LogP contribution in [-0.2, 0) is 11.8 Å². The van der Waals surface area contributed by atoms with Gasteiger partial charge in [-0.1, -0.05) is 75.1 Å². The number of rotatable bonds is 4. The summed E-state index contributed by atoms with van der Waals surface area (Å²) in [6.45, 7) is 8.41. The summed E-state index contributed by atoms with van der Waals surface area (Å²) < 4.78 is 3.01. The van der Waals surface area contributed by atoms with Gasteiger partial charge in [-0.2, -0.15) is 5.26 Å². The number of carbonyl (C=O) groups is 1. The van der Waals surface area contributed by atoms with Crippen molar-refractivity contribution >= 4 is 55.8 Å². The van der Waals surface area contributed by atoms with Crippen LogP contribution in [0.25, 0.3) is 21.8 Å². The lowest BCUT2D eigenvalue weighted by Gasteiger charge is -2.42. The Morgan fingerprint density at radius 1 is 1.13 bits per heavy atom. The monoisotopic (exact) mass is 554 g/mol. The third-order valence-corrected chi connectivity index (χ3v) is 9.57. The van der Waals surface area contributed by atoms with Gasteiger partial charge in [-0.3, -0.25) is 9.69 Å². The van der Waals surface area contributed by atoms with Gasteiger partial charge in [0, 0.05) is 51.8 Å². The van der Waals surface area contributed by atoms with Crippen molar-refractivity contribution in [1.82, 2.24) is 14.8 Å². The van der Waals surface area contributed by atoms with Gasteiger partial charge in [0.25, 0.3) is 0 Å². The number of nitrogens with zero attached hydrogens (tertiary/aromatic N) is 5. The maximum atomic E-state index is 13.9. The van der Waals surface area contributed by atoms with Gasteiger partial charge in [-0.15, -0.1) is 10.2 Å². The van der Waals surface area contributed by atoms with Crippen LogP contribution in [0.1, 0.15) is 52.0 Å². The summed E-state index contributed by atoms with van der Waals surface area (Å²) in [5, 5.41) is 22.5. The molecule has 0 saturated heterocycles. The molecule has 0 fully saturated rings. The van der Waals surface area contributed by atoms with Gasteiger partial charge >= 0.3 is 0 Å². The van der Waals surface area contributed by atoms with E-state index < -0.39 is 5.92 Å². The summed E-state index contributed by atoms with van der Waals surface area (Å²) >= 11 is 3.07. The van der Waals surface area contributed by atoms with Crippen molar-refractivity contribution in [3.05, 3.63) is 70.7 Å². The summed E-state index contributed by atoms with van der Waals surface area (Å²) in [4.78, 5) is 15.7. The normalized spacial score (nSPS) is 19.4. The number of ketones is 1. The molecule has 198 valence electrons. The van der Waals surface area contributed by atoms with Crippen molar-refractivity contribution in [1.29, 1.82) is 5.26 Å². The Bertz CT molecular complexity index is 1770. The van der Waals surface area contributed by atoms with Gasteiger partial charge < -0.3 is 10.3 Å². The van der Waals surface area contributed by atoms with E-state index in [4.69, 9.17) is 5.73 Å². The molecule has 1 aliphatic heterocycles. The van der Waals surface area contributed by atoms with Crippen molar-refractivity contribution in [2.24, 2.45) is 18.2 Å². The molecule has 2 aliphatic rings. The second-order valence-corrected chi connectivity index (χ2v) is 14.1. The average molecular weight is 555 g/mol. The molecule has 1 atom stereocenters. The number of hydrogen-bond acceptors (Lipinski definition) is 8. The molecule has 0 bridgehead atoms. The number of benzene rings is 2. The molecule has 0 amide bonds. The van der Waals surface area contributed by atoms with Crippen LogP contribution in [0.2, 0.25) is 0 Å². The first kappa shape index (κ1) is 25.7. The van der Waals surface area contributed by atoms with E-state index in [1.54, 1.807) is 11.8 Å². The zero-order valence-corrected chi connectivity index (χ0v) is 24.3. The highest BCUT2D eigenvalue weighted by atomic mass is 32.2. The maximum Gasteiger partial charge on any atom is 0.219 e. The van der Waals surface area contributed by atoms with Crippen LogP contribution in [0.3, 0.4) is 0 Å². The Morgan fingerprint density at radius 3 is 2.62 bits per heavy atom. The van der Waals surface area contributed by atoms with Crippen molar-refractivity contribution in [3.63, 3.8) is 0 Å². The second kappa shape index (κ2) is 9.25. The summed E-state index contributed by atoms with van der Waals surface area (Å²) in [6, 6.07) is 16.9. The van der Waals surface area contributed by atoms with E-state index in [9.17, 15) is 10.1 Å². The summed E-state index contributed by atoms with van der Waals surface area (Å²) in [6.07, 6.45) is 1.06. The highest BCUT2D eigenvalue weighted by Gasteiger charge is 2.45. The number of anilines is 1. The molecule has 7 nitrogen and oxygen atoms in total. The van der Waals surface area contributed by atoms with Crippen LogP contribution in [0.15, 0.2) is 69.5 Å². The molecule has 0 spiro atoms. The van der Waals surface area contributed by atoms with Crippen molar-refractivity contribution in [2.45, 2.75) is 56.0 Å². The van der Waals surface area contributed by atoms with Crippen LogP contribution < -0.4 is 10.6 Å². The molecule has 1 aliphatic carbocycles. The van der Waals surface area contributed by atoms with Crippen molar-refractivity contribution in [2.75, 3.05) is 4.90 Å². The molecular formula is C30H30N6OS2. The quantitative estimate of drug-likeness (QED) is 0.283. The Labute approximate surface area is 236 Å². The van der Waals surface area contributed by atoms with E-state index in [0.717, 1.165) is 37.4 Å². The molecule has 3 heterocycles. The Kier molecular flexibility index (Phi) is 6.08. The van der Waals surface area contributed by atoms with Crippen LogP contribution in [-0.4, -0.2) is 25.8 Å². The third kappa shape index (κ3) is 4.14. The van der Waals surface area contributed by atoms with Gasteiger partial charge in [0.05, 0.1) is 17.6 Å². The fourth-order valence-corrected chi connectivity index (χ4v) is 8.07. The predicted molar refractivity (Wildman–Crippen MR) is 158 cm³/mol. The number of hydrogen-bond donors (Lipinski definition) is 1. The molecule has 6 rings (SSSR count). The number of para-hydroxylation sites is 1. The zero-order chi connectivity index (χ0) is 27.6. The molecule has 0 radical (unpaired) electrons. The number of carbonyl (C=O) groups excluding carboxylic acids is 1. The lowest BCUT2D eigenvalue weighted by atomic mass is 9.68. The first-order valence-electron chi connectivity index (χ1n) is 13.0. The van der Waals surface area contributed by atoms with Gasteiger partial charge in [0.15, 0.2) is 10.1 Å². The van der Waals surface area contributed by atoms with Crippen molar-refractivity contribution < 1.29 is 4.79 Å². The highest BCUT2D eigenvalue weighted by Crippen LogP contribution is 2.51. The van der Waals surface area contributed by atoms with E-state index >= 15 is 0 Å². The molecule has 9 heteroatoms. The number of nitriles is 1. The number of aromatic nitrogens is 3. The number of aryl methyl sites for hydroxylation is 1. The fourth-order valence-electron chi connectivity index (χ4n) is 5.97. The molecule has 2 N–H and O–H groups in total. The number of fused-ring (bicyclic) bond motifs is 3. The summed E-state index contributed by atoms with van der Waals surface area (Å²) in [7, 11) is 2.06. The molecule has 2 aromatic carbocycles. The number of Topliss-reactive ketones (excluding diaryl/α,β-unsaturated/α-hetero) is 1. The van der Waals surface area contributed by atoms with Gasteiger partial charge in [-0.05, 0) is 35.6 Å². The number of allylic oxidation sites excluding steroid dienone is 3. The molecular weight excluding hydrogens is 525 g/mol. The second-order valence-electron chi connectivity index (χ2n) is 11.4. The van der Waals surface area contributed by atoms with Crippen LogP contribution in [0, 0.1) is 16.7 Å². The SMILES string of the molecule is CC(C)Sc1nnc(N2C(N)=C(C#N)C(c3ccc4c(c3)c3ccccc3n4C)C3=C2CC(C)(C)CC3=O)s1. The zero-order valence-electron chi connectivity index (χ0n) is 22.6. The van der Waals surface area contributed by atoms with E-state index in [1.807, 2.05) is 23.1 Å². The van der Waals surface area contributed by atoms with E-state index in [2.05, 4.69) is 79.8 Å². The van der Waals surface area contributed by atoms with E-state index in [-0.39, 0.29) is 11.2 Å². The number of nitrogens with two attached hydrogens (primary N) is 1. The first-order chi connectivity index (χ1) is 18.6. The molecule has 1 unspecified atom stereocenters. The lowest BCUT2D eigenvalue weighted by Crippen LogP contribution is -2.42. The minimum Gasteiger partial charge on any atom is -0.384 e. The largest absolute Gasteiger partial charge is 0.384 e. The first-order valence-corrected chi connectivity index (χ1v) is 14.7. The predicted octanol–water partition coefficient (Wildman–Crippen LogP) is 6.62. The topological polar surface area (TPSA) is 101 Å². The van der Waals surface area contributed by atoms with Crippen molar-refractivity contribution in [3.8, 4) is 6.07 Å². The summed E-state index contributed by atoms with van der Waals surface area (Å²) in [5.74, 6) is -0.163. The fraction of sp³-hybridized carbons (Fsp3) is 0.333. The van der Waals surface area contributed by atoms with E-state index in [1.165, 1.54) is 11.3 Å². The third-order valence-electron chi connectivity index (χ3n) is 7.58. The van der Waals surface area contributed by atoms with Gasteiger partial charge in [0.2, 0.25) is 5.13 Å². The smallest absolute Gasteiger partial charge is 0.219 e. The highest BCUT2D eigenvalue weighted by molar-refractivity contribution is 8.01. The Balaban J connectivity index is 1.58. The van der Waals surface area contributed by atoms with Crippen LogP contribution in [0.5, 0.6) is 0 Å². The molecule has 39 heavy (non-hydrogen) atoms. The Hall–Kier alpha value is -3.61. The van der Waals surface area contributed by atoms with Crippen LogP contribution in [0.4, 0.5) is 5.13 Å². The maximum absolute atomic E-state index is 13.9. The number of thioether (sulfide) groups is 1. The van der Waals surface area contributed by atoms with Crippen LogP contribution >= 0.6 is 23.1 Å². The minimum atomic E-state index is -0.536. The lowest BCUT2D eigenvalue weighted by molar-refractivity contribution is -0.118. The molecule has 0 saturated carbocycles. The molecule has 2 aromatic heterocycles. The van der Waals surface area contributed by atoms with Gasteiger partial charge in [0.1, 0.15) is 5.82 Å². The van der Waals surface area contributed by atoms with E-state index in [0.29, 0.717) is 40.2 Å². The summed E-state index contributed by atoms with van der Waals surface area (Å²) in [5.41, 5.74) is 11.5. The van der Waals surface area contributed by atoms with Gasteiger partial charge in [-0.25, -0.2) is 0 Å². The average Bonchev–Trinajstić information content (AvgIpc) is 3.44. The Morgan fingerprint density at radius 2 is 1.87 bits per heavy atom. The standard InChI is InChI=1S/C30H30N6OS2/c1-16(2)38-29-34-33-28(39-29)36-23-13-30(3,4)14-24(37)26(23)25(20(15-31)27(36)32)17-10-11-22-19(12-17)18-8-6-7-9-21(18)35(22)5/h6-12,16,25H,13-14,32H2,1-5H3.